The fourth-order valence-electron chi connectivity index (χ4n) is 2.02. The predicted molar refractivity (Wildman–Crippen MR) is 93.2 cm³/mol. The lowest BCUT2D eigenvalue weighted by Gasteiger charge is -2.17. The first kappa shape index (κ1) is 17.0. The third-order valence-electron chi connectivity index (χ3n) is 3.07. The zero-order valence-corrected chi connectivity index (χ0v) is 15.0. The number of aromatic nitrogens is 3. The van der Waals surface area contributed by atoms with E-state index in [4.69, 9.17) is 0 Å². The number of anilines is 1. The summed E-state index contributed by atoms with van der Waals surface area (Å²) in [7, 11) is 2.96. The molecule has 0 aliphatic heterocycles. The summed E-state index contributed by atoms with van der Waals surface area (Å²) in [6.07, 6.45) is 0. The van der Waals surface area contributed by atoms with Crippen LogP contribution in [-0.4, -0.2) is 44.6 Å². The predicted octanol–water partition coefficient (Wildman–Crippen LogP) is 2.82. The minimum absolute atomic E-state index is 0.287. The Morgan fingerprint density at radius 1 is 1.23 bits per heavy atom. The SMILES string of the molecule is CC(C)n1c(SCC[S@@](=O)c2ccccc2)nnc1N(C)C. The fourth-order valence-corrected chi connectivity index (χ4v) is 4.37. The van der Waals surface area contributed by atoms with Crippen molar-refractivity contribution in [3.63, 3.8) is 0 Å². The van der Waals surface area contributed by atoms with Crippen LogP contribution in [0.1, 0.15) is 19.9 Å². The van der Waals surface area contributed by atoms with Crippen molar-refractivity contribution in [1.82, 2.24) is 14.8 Å². The molecule has 0 radical (unpaired) electrons. The van der Waals surface area contributed by atoms with Crippen LogP contribution in [0.5, 0.6) is 0 Å². The number of nitrogens with zero attached hydrogens (tertiary/aromatic N) is 4. The first-order chi connectivity index (χ1) is 10.5. The van der Waals surface area contributed by atoms with Crippen LogP contribution in [0, 0.1) is 0 Å². The largest absolute Gasteiger partial charge is 0.347 e. The number of thioether (sulfide) groups is 1. The minimum Gasteiger partial charge on any atom is -0.347 e. The second-order valence-electron chi connectivity index (χ2n) is 5.35. The highest BCUT2D eigenvalue weighted by atomic mass is 32.2. The summed E-state index contributed by atoms with van der Waals surface area (Å²) < 4.78 is 14.3. The molecule has 1 atom stereocenters. The molecular formula is C15H22N4OS2. The molecule has 1 aromatic heterocycles. The van der Waals surface area contributed by atoms with Crippen molar-refractivity contribution in [2.45, 2.75) is 29.9 Å². The van der Waals surface area contributed by atoms with E-state index in [1.54, 1.807) is 11.8 Å². The monoisotopic (exact) mass is 338 g/mol. The van der Waals surface area contributed by atoms with Gasteiger partial charge in [0.2, 0.25) is 5.95 Å². The standard InChI is InChI=1S/C15H22N4OS2/c1-12(2)19-14(18(3)4)16-17-15(19)21-10-11-22(20)13-8-6-5-7-9-13/h5-9,12H,10-11H2,1-4H3/t22-/m1/s1. The molecule has 0 N–H and O–H groups in total. The molecule has 120 valence electrons. The average molecular weight is 339 g/mol. The van der Waals surface area contributed by atoms with E-state index in [9.17, 15) is 4.21 Å². The molecule has 7 heteroatoms. The van der Waals surface area contributed by atoms with E-state index in [0.717, 1.165) is 21.8 Å². The summed E-state index contributed by atoms with van der Waals surface area (Å²) >= 11 is 1.61. The molecule has 0 saturated heterocycles. The average Bonchev–Trinajstić information content (AvgIpc) is 2.92. The van der Waals surface area contributed by atoms with Crippen molar-refractivity contribution < 1.29 is 4.21 Å². The highest BCUT2D eigenvalue weighted by Gasteiger charge is 2.16. The Morgan fingerprint density at radius 3 is 2.50 bits per heavy atom. The Hall–Kier alpha value is -1.34. The molecule has 1 heterocycles. The zero-order chi connectivity index (χ0) is 16.1. The first-order valence-electron chi connectivity index (χ1n) is 7.19. The summed E-state index contributed by atoms with van der Waals surface area (Å²) in [5.74, 6) is 2.21. The highest BCUT2D eigenvalue weighted by Crippen LogP contribution is 2.25. The Bertz CT molecular complexity index is 626. The van der Waals surface area contributed by atoms with Gasteiger partial charge in [-0.05, 0) is 26.0 Å². The normalized spacial score (nSPS) is 12.6. The molecule has 0 aliphatic carbocycles. The van der Waals surface area contributed by atoms with Crippen molar-refractivity contribution in [1.29, 1.82) is 0 Å². The van der Waals surface area contributed by atoms with Crippen molar-refractivity contribution in [3.05, 3.63) is 30.3 Å². The van der Waals surface area contributed by atoms with Crippen molar-refractivity contribution in [3.8, 4) is 0 Å². The number of hydrogen-bond donors (Lipinski definition) is 0. The molecule has 5 nitrogen and oxygen atoms in total. The Balaban J connectivity index is 1.99. The van der Waals surface area contributed by atoms with E-state index in [0.29, 0.717) is 5.75 Å². The van der Waals surface area contributed by atoms with Crippen molar-refractivity contribution >= 4 is 28.5 Å². The summed E-state index contributed by atoms with van der Waals surface area (Å²) in [6.45, 7) is 4.23. The molecular weight excluding hydrogens is 316 g/mol. The van der Waals surface area contributed by atoms with Crippen LogP contribution in [0.2, 0.25) is 0 Å². The van der Waals surface area contributed by atoms with Gasteiger partial charge in [0, 0.05) is 36.5 Å². The van der Waals surface area contributed by atoms with Crippen LogP contribution < -0.4 is 4.90 Å². The van der Waals surface area contributed by atoms with Gasteiger partial charge in [0.05, 0.1) is 10.8 Å². The third kappa shape index (κ3) is 4.10. The Morgan fingerprint density at radius 2 is 1.91 bits per heavy atom. The van der Waals surface area contributed by atoms with Crippen LogP contribution >= 0.6 is 11.8 Å². The van der Waals surface area contributed by atoms with Crippen LogP contribution in [0.15, 0.2) is 40.4 Å². The van der Waals surface area contributed by atoms with Gasteiger partial charge in [-0.2, -0.15) is 0 Å². The van der Waals surface area contributed by atoms with E-state index in [1.165, 1.54) is 0 Å². The van der Waals surface area contributed by atoms with Gasteiger partial charge in [-0.15, -0.1) is 10.2 Å². The molecule has 0 aliphatic rings. The maximum Gasteiger partial charge on any atom is 0.227 e. The summed E-state index contributed by atoms with van der Waals surface area (Å²) in [4.78, 5) is 2.83. The molecule has 0 fully saturated rings. The lowest BCUT2D eigenvalue weighted by molar-refractivity contribution is 0.549. The molecule has 0 amide bonds. The van der Waals surface area contributed by atoms with Gasteiger partial charge in [0.15, 0.2) is 5.16 Å². The topological polar surface area (TPSA) is 51.0 Å². The highest BCUT2D eigenvalue weighted by molar-refractivity contribution is 8.00. The lowest BCUT2D eigenvalue weighted by atomic mass is 10.4. The smallest absolute Gasteiger partial charge is 0.227 e. The van der Waals surface area contributed by atoms with Gasteiger partial charge >= 0.3 is 0 Å². The molecule has 0 saturated carbocycles. The Labute approximate surface area is 138 Å². The van der Waals surface area contributed by atoms with Gasteiger partial charge in [-0.25, -0.2) is 0 Å². The molecule has 0 bridgehead atoms. The quantitative estimate of drug-likeness (QED) is 0.727. The third-order valence-corrected chi connectivity index (χ3v) is 5.65. The van der Waals surface area contributed by atoms with Gasteiger partial charge in [-0.3, -0.25) is 8.78 Å². The van der Waals surface area contributed by atoms with Crippen LogP contribution in [0.25, 0.3) is 0 Å². The van der Waals surface area contributed by atoms with E-state index >= 15 is 0 Å². The molecule has 0 spiro atoms. The lowest BCUT2D eigenvalue weighted by Crippen LogP contribution is -2.17. The van der Waals surface area contributed by atoms with E-state index in [1.807, 2.05) is 49.3 Å². The summed E-state index contributed by atoms with van der Waals surface area (Å²) in [5, 5.41) is 9.38. The minimum atomic E-state index is -0.965. The maximum absolute atomic E-state index is 12.2. The molecule has 2 rings (SSSR count). The summed E-state index contributed by atoms with van der Waals surface area (Å²) in [6, 6.07) is 9.86. The second kappa shape index (κ2) is 7.78. The van der Waals surface area contributed by atoms with Crippen LogP contribution in [0.3, 0.4) is 0 Å². The molecule has 2 aromatic rings. The van der Waals surface area contributed by atoms with Crippen molar-refractivity contribution in [2.24, 2.45) is 0 Å². The maximum atomic E-state index is 12.2. The van der Waals surface area contributed by atoms with E-state index < -0.39 is 10.8 Å². The number of benzene rings is 1. The zero-order valence-electron chi connectivity index (χ0n) is 13.4. The summed E-state index contributed by atoms with van der Waals surface area (Å²) in [5.41, 5.74) is 0. The molecule has 22 heavy (non-hydrogen) atoms. The van der Waals surface area contributed by atoms with E-state index in [-0.39, 0.29) is 6.04 Å². The fraction of sp³-hybridized carbons (Fsp3) is 0.467. The van der Waals surface area contributed by atoms with Gasteiger partial charge in [0.25, 0.3) is 0 Å². The number of rotatable bonds is 7. The second-order valence-corrected chi connectivity index (χ2v) is 7.98. The number of hydrogen-bond acceptors (Lipinski definition) is 5. The van der Waals surface area contributed by atoms with Gasteiger partial charge in [0.1, 0.15) is 0 Å². The van der Waals surface area contributed by atoms with Crippen molar-refractivity contribution in [2.75, 3.05) is 30.5 Å². The van der Waals surface area contributed by atoms with Gasteiger partial charge < -0.3 is 4.90 Å². The van der Waals surface area contributed by atoms with Crippen LogP contribution in [0.4, 0.5) is 5.95 Å². The molecule has 0 unspecified atom stereocenters. The van der Waals surface area contributed by atoms with Crippen LogP contribution in [-0.2, 0) is 10.8 Å². The molecule has 1 aromatic carbocycles. The van der Waals surface area contributed by atoms with E-state index in [2.05, 4.69) is 28.6 Å². The Kier molecular flexibility index (Phi) is 6.02. The first-order valence-corrected chi connectivity index (χ1v) is 9.49. The van der Waals surface area contributed by atoms with Gasteiger partial charge in [-0.1, -0.05) is 30.0 Å².